The number of aromatic nitrogens is 2. The molecular formula is C5H10BrN3. The van der Waals surface area contributed by atoms with E-state index >= 15 is 0 Å². The van der Waals surface area contributed by atoms with Crippen LogP contribution < -0.4 is 27.3 Å². The summed E-state index contributed by atoms with van der Waals surface area (Å²) in [6.45, 7) is 1.59. The van der Waals surface area contributed by atoms with Crippen molar-refractivity contribution in [3.63, 3.8) is 0 Å². The van der Waals surface area contributed by atoms with Gasteiger partial charge in [0.1, 0.15) is 18.9 Å². The maximum absolute atomic E-state index is 5.28. The molecule has 0 bridgehead atoms. The van der Waals surface area contributed by atoms with Gasteiger partial charge in [0.05, 0.1) is 0 Å². The van der Waals surface area contributed by atoms with Gasteiger partial charge in [0.15, 0.2) is 0 Å². The van der Waals surface area contributed by atoms with Gasteiger partial charge in [-0.15, -0.1) is 0 Å². The summed E-state index contributed by atoms with van der Waals surface area (Å²) in [4.78, 5) is 2.92. The Bertz CT molecular complexity index is 138. The van der Waals surface area contributed by atoms with Gasteiger partial charge in [-0.3, -0.25) is 4.98 Å². The molecule has 0 aromatic carbocycles. The van der Waals surface area contributed by atoms with Gasteiger partial charge in [-0.05, 0) is 0 Å². The molecule has 0 unspecified atom stereocenters. The van der Waals surface area contributed by atoms with Crippen LogP contribution >= 0.6 is 0 Å². The molecule has 0 aliphatic heterocycles. The molecule has 0 aliphatic carbocycles. The van der Waals surface area contributed by atoms with E-state index in [9.17, 15) is 0 Å². The molecule has 3 N–H and O–H groups in total. The Labute approximate surface area is 64.7 Å². The lowest BCUT2D eigenvalue weighted by molar-refractivity contribution is -0.693. The Morgan fingerprint density at radius 1 is 1.56 bits per heavy atom. The number of imidazole rings is 1. The molecule has 0 spiro atoms. The highest BCUT2D eigenvalue weighted by Gasteiger charge is 1.89. The Kier molecular flexibility index (Phi) is 4.35. The van der Waals surface area contributed by atoms with Crippen molar-refractivity contribution >= 4 is 0 Å². The van der Waals surface area contributed by atoms with Gasteiger partial charge in [-0.2, -0.15) is 0 Å². The third kappa shape index (κ3) is 2.62. The lowest BCUT2D eigenvalue weighted by Crippen LogP contribution is -3.00. The lowest BCUT2D eigenvalue weighted by atomic mass is 10.6. The third-order valence-corrected chi connectivity index (χ3v) is 0.990. The molecule has 52 valence electrons. The molecule has 0 fully saturated rings. The summed E-state index contributed by atoms with van der Waals surface area (Å²) in [6, 6.07) is 0. The van der Waals surface area contributed by atoms with Crippen LogP contribution in [0.5, 0.6) is 0 Å². The molecule has 1 heterocycles. The van der Waals surface area contributed by atoms with Crippen LogP contribution in [0, 0.1) is 0 Å². The predicted octanol–water partition coefficient (Wildman–Crippen LogP) is -3.74. The molecule has 0 radical (unpaired) electrons. The van der Waals surface area contributed by atoms with Crippen molar-refractivity contribution in [3.05, 3.63) is 18.7 Å². The number of aromatic amines is 1. The van der Waals surface area contributed by atoms with Crippen LogP contribution in [-0.2, 0) is 6.54 Å². The van der Waals surface area contributed by atoms with Crippen molar-refractivity contribution in [1.82, 2.24) is 4.98 Å². The van der Waals surface area contributed by atoms with Crippen LogP contribution in [0.15, 0.2) is 18.7 Å². The molecule has 0 aliphatic rings. The van der Waals surface area contributed by atoms with Gasteiger partial charge < -0.3 is 22.7 Å². The summed E-state index contributed by atoms with van der Waals surface area (Å²) in [5.74, 6) is 0. The van der Waals surface area contributed by atoms with E-state index in [1.807, 2.05) is 23.3 Å². The summed E-state index contributed by atoms with van der Waals surface area (Å²) in [5, 5.41) is 0. The SMILES string of the molecule is NCC[n+]1cc[nH]c1.[Br-]. The van der Waals surface area contributed by atoms with E-state index in [0.717, 1.165) is 6.54 Å². The number of nitrogens with zero attached hydrogens (tertiary/aromatic N) is 1. The zero-order valence-corrected chi connectivity index (χ0v) is 6.63. The van der Waals surface area contributed by atoms with Crippen molar-refractivity contribution in [2.45, 2.75) is 6.54 Å². The van der Waals surface area contributed by atoms with Crippen molar-refractivity contribution < 1.29 is 21.5 Å². The van der Waals surface area contributed by atoms with E-state index in [1.54, 1.807) is 0 Å². The van der Waals surface area contributed by atoms with Gasteiger partial charge in [-0.25, -0.2) is 4.57 Å². The second-order valence-corrected chi connectivity index (χ2v) is 1.64. The topological polar surface area (TPSA) is 45.7 Å². The molecule has 0 saturated heterocycles. The molecule has 9 heavy (non-hydrogen) atoms. The zero-order valence-electron chi connectivity index (χ0n) is 5.05. The van der Waals surface area contributed by atoms with Crippen LogP contribution in [0.3, 0.4) is 0 Å². The maximum atomic E-state index is 5.28. The summed E-state index contributed by atoms with van der Waals surface area (Å²) >= 11 is 0. The fourth-order valence-corrected chi connectivity index (χ4v) is 0.609. The van der Waals surface area contributed by atoms with Crippen LogP contribution in [-0.4, -0.2) is 11.5 Å². The molecular weight excluding hydrogens is 182 g/mol. The smallest absolute Gasteiger partial charge is 0.241 e. The second kappa shape index (κ2) is 4.52. The first-order valence-corrected chi connectivity index (χ1v) is 2.65. The Hall–Kier alpha value is -0.350. The van der Waals surface area contributed by atoms with Crippen LogP contribution in [0.25, 0.3) is 0 Å². The number of halogens is 1. The van der Waals surface area contributed by atoms with Crippen LogP contribution in [0.1, 0.15) is 0 Å². The number of nitrogens with one attached hydrogen (secondary N) is 1. The van der Waals surface area contributed by atoms with Crippen LogP contribution in [0.4, 0.5) is 0 Å². The van der Waals surface area contributed by atoms with Crippen LogP contribution in [0.2, 0.25) is 0 Å². The predicted molar refractivity (Wildman–Crippen MR) is 30.0 cm³/mol. The molecule has 1 rings (SSSR count). The minimum Gasteiger partial charge on any atom is -1.00 e. The Balaban J connectivity index is 0.000000640. The molecule has 0 atom stereocenters. The van der Waals surface area contributed by atoms with Gasteiger partial charge in [0.2, 0.25) is 6.33 Å². The third-order valence-electron chi connectivity index (χ3n) is 0.990. The number of hydrogen-bond donors (Lipinski definition) is 2. The first-order valence-electron chi connectivity index (χ1n) is 2.65. The highest BCUT2D eigenvalue weighted by atomic mass is 79.9. The minimum atomic E-state index is 0. The first-order chi connectivity index (χ1) is 3.93. The average molecular weight is 192 g/mol. The van der Waals surface area contributed by atoms with Gasteiger partial charge in [-0.1, -0.05) is 0 Å². The molecule has 3 nitrogen and oxygen atoms in total. The van der Waals surface area contributed by atoms with Crippen molar-refractivity contribution in [1.29, 1.82) is 0 Å². The number of hydrogen-bond acceptors (Lipinski definition) is 1. The van der Waals surface area contributed by atoms with Gasteiger partial charge in [0.25, 0.3) is 0 Å². The molecule has 0 amide bonds. The Morgan fingerprint density at radius 2 is 2.33 bits per heavy atom. The van der Waals surface area contributed by atoms with E-state index in [0.29, 0.717) is 6.54 Å². The van der Waals surface area contributed by atoms with E-state index < -0.39 is 0 Å². The lowest BCUT2D eigenvalue weighted by Gasteiger charge is -1.85. The van der Waals surface area contributed by atoms with E-state index in [4.69, 9.17) is 5.73 Å². The molecule has 1 aromatic heterocycles. The number of H-pyrrole nitrogens is 1. The monoisotopic (exact) mass is 191 g/mol. The zero-order chi connectivity index (χ0) is 5.82. The minimum absolute atomic E-state index is 0. The fourth-order valence-electron chi connectivity index (χ4n) is 0.609. The highest BCUT2D eigenvalue weighted by Crippen LogP contribution is 1.65. The normalized spacial score (nSPS) is 8.56. The second-order valence-electron chi connectivity index (χ2n) is 1.64. The molecule has 0 saturated carbocycles. The fraction of sp³-hybridized carbons (Fsp3) is 0.400. The van der Waals surface area contributed by atoms with Gasteiger partial charge in [0, 0.05) is 6.54 Å². The van der Waals surface area contributed by atoms with E-state index in [1.165, 1.54) is 0 Å². The maximum Gasteiger partial charge on any atom is 0.241 e. The van der Waals surface area contributed by atoms with Crippen molar-refractivity contribution in [3.8, 4) is 0 Å². The highest BCUT2D eigenvalue weighted by molar-refractivity contribution is 4.55. The van der Waals surface area contributed by atoms with Crippen molar-refractivity contribution in [2.24, 2.45) is 5.73 Å². The summed E-state index contributed by atoms with van der Waals surface area (Å²) in [6.07, 6.45) is 5.70. The summed E-state index contributed by atoms with van der Waals surface area (Å²) in [7, 11) is 0. The average Bonchev–Trinajstić information content (AvgIpc) is 2.19. The first kappa shape index (κ1) is 8.65. The van der Waals surface area contributed by atoms with Gasteiger partial charge >= 0.3 is 0 Å². The number of nitrogens with two attached hydrogens (primary N) is 1. The standard InChI is InChI=1S/C5H9N3.BrH/c6-1-3-8-4-2-7-5-8;/h2,4-5H,1,3,6H2;1H. The van der Waals surface area contributed by atoms with E-state index in [-0.39, 0.29) is 17.0 Å². The quantitative estimate of drug-likeness (QED) is 0.465. The van der Waals surface area contributed by atoms with E-state index in [2.05, 4.69) is 4.98 Å². The summed E-state index contributed by atoms with van der Waals surface area (Å²) in [5.41, 5.74) is 5.28. The summed E-state index contributed by atoms with van der Waals surface area (Å²) < 4.78 is 2.00. The largest absolute Gasteiger partial charge is 1.00 e. The molecule has 4 heteroatoms. The Morgan fingerprint density at radius 3 is 2.78 bits per heavy atom. The number of rotatable bonds is 2. The van der Waals surface area contributed by atoms with Crippen molar-refractivity contribution in [2.75, 3.05) is 6.54 Å². The molecule has 1 aromatic rings.